The van der Waals surface area contributed by atoms with Gasteiger partial charge in [0, 0.05) is 31.4 Å². The topological polar surface area (TPSA) is 149 Å². The Bertz CT molecular complexity index is 1090. The molecule has 2 aromatic rings. The zero-order valence-electron chi connectivity index (χ0n) is 16.4. The largest absolute Gasteiger partial charge is 0.477 e. The molecule has 170 valence electrons. The van der Waals surface area contributed by atoms with Crippen LogP contribution >= 0.6 is 12.4 Å². The zero-order valence-corrected chi connectivity index (χ0v) is 17.2. The number of carboxylic acid groups (broad SMARTS) is 1. The number of aromatic nitrogens is 1. The molecule has 1 saturated carbocycles. The number of nitrogens with two attached hydrogens (primary N) is 1. The number of nitrogens with one attached hydrogen (secondary N) is 1. The van der Waals surface area contributed by atoms with Crippen LogP contribution in [0.15, 0.2) is 17.1 Å². The Kier molecular flexibility index (Phi) is 7.25. The molecule has 4 rings (SSSR count). The Balaban J connectivity index is 0.00000171. The highest BCUT2D eigenvalue weighted by Crippen LogP contribution is 2.40. The van der Waals surface area contributed by atoms with Crippen molar-refractivity contribution < 1.29 is 29.0 Å². The second-order valence-electron chi connectivity index (χ2n) is 7.44. The number of pyridine rings is 1. The maximum atomic E-state index is 15.5. The van der Waals surface area contributed by atoms with Gasteiger partial charge in [0.15, 0.2) is 5.82 Å². The third-order valence-electron chi connectivity index (χ3n) is 5.41. The van der Waals surface area contributed by atoms with E-state index in [1.54, 1.807) is 0 Å². The number of hydrogen-bond donors (Lipinski definition) is 3. The van der Waals surface area contributed by atoms with Crippen molar-refractivity contribution in [1.29, 1.82) is 0 Å². The second kappa shape index (κ2) is 9.16. The molecule has 2 fully saturated rings. The van der Waals surface area contributed by atoms with E-state index < -0.39 is 28.6 Å². The molecule has 1 amide bonds. The van der Waals surface area contributed by atoms with Crippen molar-refractivity contribution in [3.05, 3.63) is 39.7 Å². The first-order valence-electron chi connectivity index (χ1n) is 9.36. The lowest BCUT2D eigenvalue weighted by Crippen LogP contribution is -2.40. The molecule has 2 heterocycles. The van der Waals surface area contributed by atoms with E-state index >= 15 is 4.39 Å². The number of aromatic carboxylic acids is 1. The molecule has 1 aromatic carbocycles. The molecule has 0 bridgehead atoms. The molecule has 1 unspecified atom stereocenters. The van der Waals surface area contributed by atoms with Gasteiger partial charge in [0.25, 0.3) is 0 Å². The van der Waals surface area contributed by atoms with E-state index in [4.69, 9.17) is 5.73 Å². The average Bonchev–Trinajstić information content (AvgIpc) is 3.42. The highest BCUT2D eigenvalue weighted by Gasteiger charge is 2.33. The summed E-state index contributed by atoms with van der Waals surface area (Å²) in [5, 5.41) is 11.7. The lowest BCUT2D eigenvalue weighted by molar-refractivity contribution is -0.120. The van der Waals surface area contributed by atoms with Gasteiger partial charge in [0.2, 0.25) is 11.3 Å². The van der Waals surface area contributed by atoms with Gasteiger partial charge in [-0.2, -0.15) is 0 Å². The highest BCUT2D eigenvalue weighted by molar-refractivity contribution is 5.94. The number of nitrogens with zero attached hydrogens (tertiary/aromatic N) is 2. The summed E-state index contributed by atoms with van der Waals surface area (Å²) in [6.45, 7) is 0.344. The molecule has 1 aliphatic heterocycles. The normalized spacial score (nSPS) is 17.8. The van der Waals surface area contributed by atoms with Crippen molar-refractivity contribution in [2.45, 2.75) is 31.3 Å². The smallest absolute Gasteiger partial charge is 0.341 e. The summed E-state index contributed by atoms with van der Waals surface area (Å²) in [7, 11) is 0. The quantitative estimate of drug-likeness (QED) is 0.593. The first-order valence-corrected chi connectivity index (χ1v) is 9.36. The molecule has 9 nitrogen and oxygen atoms in total. The van der Waals surface area contributed by atoms with Gasteiger partial charge in [-0.3, -0.25) is 9.59 Å². The molecule has 1 aromatic heterocycles. The van der Waals surface area contributed by atoms with E-state index in [1.165, 1.54) is 9.47 Å². The fourth-order valence-electron chi connectivity index (χ4n) is 3.88. The number of anilines is 1. The van der Waals surface area contributed by atoms with Crippen LogP contribution in [-0.2, 0) is 4.79 Å². The monoisotopic (exact) mass is 460 g/mol. The van der Waals surface area contributed by atoms with Gasteiger partial charge in [-0.15, -0.1) is 12.4 Å². The standard InChI is InChI=1S/C19H20F2N4O4.ClH.H2O/c20-13-5-11-16(25(10-1-2-10)8-12(18(11)27)19(28)29)15(21)17(13)24-4-3-9(7-24)23-14(26)6-22;;/h5,8-10H,1-4,6-7,22H2,(H,23,26)(H,28,29);1H;1H2. The molecule has 12 heteroatoms. The number of carbonyl (C=O) groups excluding carboxylic acids is 1. The van der Waals surface area contributed by atoms with Crippen molar-refractivity contribution in [2.24, 2.45) is 5.73 Å². The Hall–Kier alpha value is -2.76. The summed E-state index contributed by atoms with van der Waals surface area (Å²) in [6.07, 6.45) is 3.08. The van der Waals surface area contributed by atoms with Gasteiger partial charge < -0.3 is 31.1 Å². The summed E-state index contributed by atoms with van der Waals surface area (Å²) in [5.41, 5.74) is 3.49. The van der Waals surface area contributed by atoms with Crippen LogP contribution in [0.4, 0.5) is 14.5 Å². The fourth-order valence-corrected chi connectivity index (χ4v) is 3.88. The number of benzene rings is 1. The summed E-state index contributed by atoms with van der Waals surface area (Å²) < 4.78 is 31.8. The number of carbonyl (C=O) groups is 2. The Labute approximate surface area is 181 Å². The van der Waals surface area contributed by atoms with E-state index in [0.717, 1.165) is 25.1 Å². The van der Waals surface area contributed by atoms with Gasteiger partial charge in [-0.1, -0.05) is 0 Å². The summed E-state index contributed by atoms with van der Waals surface area (Å²) >= 11 is 0. The van der Waals surface area contributed by atoms with Crippen molar-refractivity contribution in [3.63, 3.8) is 0 Å². The molecule has 31 heavy (non-hydrogen) atoms. The molecule has 1 saturated heterocycles. The van der Waals surface area contributed by atoms with Crippen LogP contribution in [0.25, 0.3) is 10.9 Å². The Morgan fingerprint density at radius 1 is 1.26 bits per heavy atom. The van der Waals surface area contributed by atoms with E-state index in [0.29, 0.717) is 13.0 Å². The van der Waals surface area contributed by atoms with Gasteiger partial charge in [-0.25, -0.2) is 13.6 Å². The van der Waals surface area contributed by atoms with Crippen molar-refractivity contribution >= 4 is 40.9 Å². The minimum atomic E-state index is -1.44. The second-order valence-corrected chi connectivity index (χ2v) is 7.44. The van der Waals surface area contributed by atoms with Crippen LogP contribution in [0.1, 0.15) is 35.7 Å². The zero-order chi connectivity index (χ0) is 20.9. The lowest BCUT2D eigenvalue weighted by Gasteiger charge is -2.22. The fraction of sp³-hybridized carbons (Fsp3) is 0.421. The van der Waals surface area contributed by atoms with Crippen LogP contribution in [0, 0.1) is 11.6 Å². The molecule has 1 atom stereocenters. The minimum absolute atomic E-state index is 0. The summed E-state index contributed by atoms with van der Waals surface area (Å²) in [5.74, 6) is -3.62. The van der Waals surface area contributed by atoms with Crippen LogP contribution in [0.5, 0.6) is 0 Å². The van der Waals surface area contributed by atoms with Crippen molar-refractivity contribution in [2.75, 3.05) is 24.5 Å². The van der Waals surface area contributed by atoms with Crippen LogP contribution in [-0.4, -0.2) is 52.7 Å². The summed E-state index contributed by atoms with van der Waals surface area (Å²) in [6, 6.07) is 0.493. The van der Waals surface area contributed by atoms with Crippen LogP contribution in [0.2, 0.25) is 0 Å². The first-order chi connectivity index (χ1) is 13.8. The average molecular weight is 461 g/mol. The number of carboxylic acids is 1. The lowest BCUT2D eigenvalue weighted by atomic mass is 10.1. The third-order valence-corrected chi connectivity index (χ3v) is 5.41. The molecular weight excluding hydrogens is 438 g/mol. The van der Waals surface area contributed by atoms with E-state index in [-0.39, 0.29) is 65.6 Å². The highest BCUT2D eigenvalue weighted by atomic mass is 35.5. The minimum Gasteiger partial charge on any atom is -0.477 e. The maximum Gasteiger partial charge on any atom is 0.341 e. The van der Waals surface area contributed by atoms with Gasteiger partial charge >= 0.3 is 5.97 Å². The number of halogens is 3. The van der Waals surface area contributed by atoms with E-state index in [9.17, 15) is 23.9 Å². The first kappa shape index (κ1) is 24.5. The predicted molar refractivity (Wildman–Crippen MR) is 112 cm³/mol. The predicted octanol–water partition coefficient (Wildman–Crippen LogP) is 0.563. The van der Waals surface area contributed by atoms with Gasteiger partial charge in [0.1, 0.15) is 17.1 Å². The molecule has 6 N–H and O–H groups in total. The molecule has 0 radical (unpaired) electrons. The SMILES string of the molecule is Cl.NCC(=O)NC1CCN(c2c(F)cc3c(=O)c(C(=O)O)cn(C4CC4)c3c2F)C1.O. The number of amides is 1. The number of fused-ring (bicyclic) bond motifs is 1. The van der Waals surface area contributed by atoms with Crippen molar-refractivity contribution in [1.82, 2.24) is 9.88 Å². The Morgan fingerprint density at radius 2 is 1.94 bits per heavy atom. The van der Waals surface area contributed by atoms with E-state index in [1.807, 2.05) is 0 Å². The van der Waals surface area contributed by atoms with E-state index in [2.05, 4.69) is 5.32 Å². The van der Waals surface area contributed by atoms with Crippen LogP contribution < -0.4 is 21.4 Å². The van der Waals surface area contributed by atoms with Gasteiger partial charge in [-0.05, 0) is 25.3 Å². The molecular formula is C19H23ClF2N4O5. The summed E-state index contributed by atoms with van der Waals surface area (Å²) in [4.78, 5) is 36.9. The Morgan fingerprint density at radius 3 is 2.52 bits per heavy atom. The van der Waals surface area contributed by atoms with Crippen molar-refractivity contribution in [3.8, 4) is 0 Å². The van der Waals surface area contributed by atoms with Gasteiger partial charge in [0.05, 0.1) is 17.4 Å². The maximum absolute atomic E-state index is 15.5. The third kappa shape index (κ3) is 4.34. The number of hydrogen-bond acceptors (Lipinski definition) is 5. The molecule has 1 aliphatic carbocycles. The molecule has 2 aliphatic rings. The number of rotatable bonds is 5. The van der Waals surface area contributed by atoms with Crippen LogP contribution in [0.3, 0.4) is 0 Å². The molecule has 0 spiro atoms.